The van der Waals surface area contributed by atoms with Crippen LogP contribution in [0.1, 0.15) is 0 Å². The Hall–Kier alpha value is -0.800. The summed E-state index contributed by atoms with van der Waals surface area (Å²) in [5.41, 5.74) is 2.01. The van der Waals surface area contributed by atoms with Crippen molar-refractivity contribution in [2.75, 3.05) is 0 Å². The molecule has 0 fully saturated rings. The highest BCUT2D eigenvalue weighted by Crippen LogP contribution is 2.32. The second-order valence-corrected chi connectivity index (χ2v) is 4.11. The van der Waals surface area contributed by atoms with Crippen molar-refractivity contribution in [2.45, 2.75) is 0 Å². The van der Waals surface area contributed by atoms with Crippen LogP contribution >= 0.6 is 27.5 Å². The van der Waals surface area contributed by atoms with E-state index in [0.29, 0.717) is 0 Å². The van der Waals surface area contributed by atoms with Crippen molar-refractivity contribution in [3.05, 3.63) is 40.1 Å². The molecule has 2 rings (SSSR count). The van der Waals surface area contributed by atoms with Crippen LogP contribution < -0.4 is 0 Å². The number of aryl methyl sites for hydroxylation is 1. The lowest BCUT2D eigenvalue weighted by atomic mass is 10.1. The van der Waals surface area contributed by atoms with E-state index in [4.69, 9.17) is 11.6 Å². The highest BCUT2D eigenvalue weighted by Gasteiger charge is 2.09. The highest BCUT2D eigenvalue weighted by atomic mass is 79.9. The van der Waals surface area contributed by atoms with Gasteiger partial charge < -0.3 is 0 Å². The van der Waals surface area contributed by atoms with E-state index in [0.717, 1.165) is 20.8 Å². The lowest BCUT2D eigenvalue weighted by molar-refractivity contribution is 0.750. The van der Waals surface area contributed by atoms with Crippen molar-refractivity contribution >= 4 is 27.5 Å². The summed E-state index contributed by atoms with van der Waals surface area (Å²) in [5, 5.41) is 4.88. The zero-order valence-electron chi connectivity index (χ0n) is 7.54. The third-order valence-corrected chi connectivity index (χ3v) is 3.30. The van der Waals surface area contributed by atoms with Crippen LogP contribution in [0.5, 0.6) is 0 Å². The molecule has 0 amide bonds. The van der Waals surface area contributed by atoms with Gasteiger partial charge in [0, 0.05) is 23.2 Å². The molecule has 0 aliphatic heterocycles. The molecule has 0 atom stereocenters. The fourth-order valence-corrected chi connectivity index (χ4v) is 1.93. The zero-order valence-corrected chi connectivity index (χ0v) is 9.88. The van der Waals surface area contributed by atoms with E-state index in [-0.39, 0.29) is 0 Å². The maximum atomic E-state index is 6.08. The van der Waals surface area contributed by atoms with Gasteiger partial charge in [-0.05, 0) is 22.0 Å². The molecule has 2 aromatic rings. The van der Waals surface area contributed by atoms with Gasteiger partial charge in [0.15, 0.2) is 0 Å². The number of rotatable bonds is 1. The van der Waals surface area contributed by atoms with Crippen molar-refractivity contribution in [3.8, 4) is 11.1 Å². The molecule has 0 unspecified atom stereocenters. The Kier molecular flexibility index (Phi) is 2.61. The van der Waals surface area contributed by atoms with Crippen molar-refractivity contribution < 1.29 is 0 Å². The van der Waals surface area contributed by atoms with Crippen LogP contribution in [0.2, 0.25) is 5.02 Å². The molecule has 0 spiro atoms. The molecule has 0 bridgehead atoms. The van der Waals surface area contributed by atoms with Gasteiger partial charge in [0.2, 0.25) is 0 Å². The van der Waals surface area contributed by atoms with Gasteiger partial charge in [0.05, 0.1) is 6.20 Å². The van der Waals surface area contributed by atoms with Crippen LogP contribution in [0.4, 0.5) is 0 Å². The molecule has 2 nitrogen and oxygen atoms in total. The minimum absolute atomic E-state index is 0.737. The van der Waals surface area contributed by atoms with Crippen molar-refractivity contribution in [3.63, 3.8) is 0 Å². The van der Waals surface area contributed by atoms with Gasteiger partial charge in [-0.3, -0.25) is 4.68 Å². The Morgan fingerprint density at radius 1 is 1.29 bits per heavy atom. The maximum Gasteiger partial charge on any atom is 0.111 e. The summed E-state index contributed by atoms with van der Waals surface area (Å²) in [4.78, 5) is 0. The van der Waals surface area contributed by atoms with Crippen molar-refractivity contribution in [1.29, 1.82) is 0 Å². The fraction of sp³-hybridized carbons (Fsp3) is 0.100. The van der Waals surface area contributed by atoms with E-state index >= 15 is 0 Å². The number of halogens is 2. The molecule has 1 heterocycles. The number of aromatic nitrogens is 2. The Bertz CT molecular complexity index is 465. The summed E-state index contributed by atoms with van der Waals surface area (Å²) in [6, 6.07) is 7.72. The molecular weight excluding hydrogens is 263 g/mol. The van der Waals surface area contributed by atoms with Crippen molar-refractivity contribution in [1.82, 2.24) is 9.78 Å². The molecule has 0 aliphatic rings. The van der Waals surface area contributed by atoms with Gasteiger partial charge in [-0.2, -0.15) is 5.10 Å². The fourth-order valence-electron chi connectivity index (χ4n) is 1.28. The van der Waals surface area contributed by atoms with Gasteiger partial charge in [-0.1, -0.05) is 29.8 Å². The monoisotopic (exact) mass is 270 g/mol. The van der Waals surface area contributed by atoms with Crippen LogP contribution in [0.15, 0.2) is 35.1 Å². The third-order valence-electron chi connectivity index (χ3n) is 2.03. The molecule has 1 aromatic heterocycles. The topological polar surface area (TPSA) is 17.8 Å². The molecule has 14 heavy (non-hydrogen) atoms. The van der Waals surface area contributed by atoms with Gasteiger partial charge in [-0.25, -0.2) is 0 Å². The first kappa shape index (κ1) is 9.74. The molecule has 1 aromatic carbocycles. The van der Waals surface area contributed by atoms with E-state index < -0.39 is 0 Å². The number of hydrogen-bond donors (Lipinski definition) is 0. The van der Waals surface area contributed by atoms with E-state index in [1.165, 1.54) is 0 Å². The summed E-state index contributed by atoms with van der Waals surface area (Å²) in [7, 11) is 1.88. The van der Waals surface area contributed by atoms with Crippen LogP contribution in [0.3, 0.4) is 0 Å². The van der Waals surface area contributed by atoms with E-state index in [2.05, 4.69) is 21.0 Å². The Balaban J connectivity index is 2.60. The van der Waals surface area contributed by atoms with E-state index in [9.17, 15) is 0 Å². The SMILES string of the molecule is Cn1ncc(-c2ccccc2Cl)c1Br. The summed E-state index contributed by atoms with van der Waals surface area (Å²) in [6.45, 7) is 0. The standard InChI is InChI=1S/C10H8BrClN2/c1-14-10(11)8(6-13-14)7-4-2-3-5-9(7)12/h2-6H,1H3. The third kappa shape index (κ3) is 1.57. The predicted octanol–water partition coefficient (Wildman–Crippen LogP) is 3.50. The second kappa shape index (κ2) is 3.75. The van der Waals surface area contributed by atoms with Crippen LogP contribution in [0, 0.1) is 0 Å². The summed E-state index contributed by atoms with van der Waals surface area (Å²) < 4.78 is 2.70. The number of nitrogens with zero attached hydrogens (tertiary/aromatic N) is 2. The van der Waals surface area contributed by atoms with Gasteiger partial charge >= 0.3 is 0 Å². The minimum Gasteiger partial charge on any atom is -0.261 e. The smallest absolute Gasteiger partial charge is 0.111 e. The summed E-state index contributed by atoms with van der Waals surface area (Å²) in [6.07, 6.45) is 1.80. The highest BCUT2D eigenvalue weighted by molar-refractivity contribution is 9.10. The minimum atomic E-state index is 0.737. The number of hydrogen-bond acceptors (Lipinski definition) is 1. The second-order valence-electron chi connectivity index (χ2n) is 2.95. The Morgan fingerprint density at radius 2 is 2.00 bits per heavy atom. The Morgan fingerprint density at radius 3 is 2.57 bits per heavy atom. The van der Waals surface area contributed by atoms with E-state index in [1.54, 1.807) is 10.9 Å². The molecular formula is C10H8BrClN2. The predicted molar refractivity (Wildman–Crippen MR) is 61.4 cm³/mol. The van der Waals surface area contributed by atoms with Gasteiger partial charge in [0.25, 0.3) is 0 Å². The first-order valence-corrected chi connectivity index (χ1v) is 5.29. The van der Waals surface area contributed by atoms with Crippen LogP contribution in [0.25, 0.3) is 11.1 Å². The normalized spacial score (nSPS) is 10.5. The molecule has 72 valence electrons. The molecule has 0 radical (unpaired) electrons. The molecule has 0 saturated heterocycles. The maximum absolute atomic E-state index is 6.08. The first-order chi connectivity index (χ1) is 6.70. The number of benzene rings is 1. The summed E-state index contributed by atoms with van der Waals surface area (Å²) in [5.74, 6) is 0. The average molecular weight is 272 g/mol. The molecule has 4 heteroatoms. The Labute approximate surface area is 95.6 Å². The molecule has 0 aliphatic carbocycles. The lowest BCUT2D eigenvalue weighted by Gasteiger charge is -2.01. The van der Waals surface area contributed by atoms with Crippen molar-refractivity contribution in [2.24, 2.45) is 7.05 Å². The molecule has 0 saturated carbocycles. The van der Waals surface area contributed by atoms with Gasteiger partial charge in [-0.15, -0.1) is 0 Å². The van der Waals surface area contributed by atoms with Gasteiger partial charge in [0.1, 0.15) is 4.60 Å². The lowest BCUT2D eigenvalue weighted by Crippen LogP contribution is -1.88. The first-order valence-electron chi connectivity index (χ1n) is 4.12. The van der Waals surface area contributed by atoms with Crippen LogP contribution in [-0.4, -0.2) is 9.78 Å². The van der Waals surface area contributed by atoms with E-state index in [1.807, 2.05) is 31.3 Å². The molecule has 0 N–H and O–H groups in total. The van der Waals surface area contributed by atoms with Crippen LogP contribution in [-0.2, 0) is 7.05 Å². The average Bonchev–Trinajstić information content (AvgIpc) is 2.49. The largest absolute Gasteiger partial charge is 0.261 e. The summed E-state index contributed by atoms with van der Waals surface area (Å²) >= 11 is 9.54. The zero-order chi connectivity index (χ0) is 10.1. The quantitative estimate of drug-likeness (QED) is 0.776.